The van der Waals surface area contributed by atoms with Gasteiger partial charge in [0.25, 0.3) is 5.91 Å². The van der Waals surface area contributed by atoms with Gasteiger partial charge in [0.2, 0.25) is 0 Å². The molecule has 1 fully saturated rings. The first kappa shape index (κ1) is 16.8. The second-order valence-electron chi connectivity index (χ2n) is 7.98. The molecule has 26 heavy (non-hydrogen) atoms. The van der Waals surface area contributed by atoms with E-state index >= 15 is 0 Å². The van der Waals surface area contributed by atoms with Crippen molar-refractivity contribution in [3.05, 3.63) is 47.0 Å². The summed E-state index contributed by atoms with van der Waals surface area (Å²) in [5.41, 5.74) is 2.86. The molecular weight excluding hydrogens is 330 g/mol. The van der Waals surface area contributed by atoms with Gasteiger partial charge in [0.05, 0.1) is 23.0 Å². The molecular formula is C20H23N3O3. The lowest BCUT2D eigenvalue weighted by Gasteiger charge is -2.24. The predicted molar refractivity (Wildman–Crippen MR) is 96.5 cm³/mol. The van der Waals surface area contributed by atoms with Gasteiger partial charge in [-0.2, -0.15) is 0 Å². The number of benzene rings is 1. The third-order valence-corrected chi connectivity index (χ3v) is 4.95. The number of esters is 1. The van der Waals surface area contributed by atoms with Crippen LogP contribution in [0, 0.1) is 6.92 Å². The lowest BCUT2D eigenvalue weighted by Crippen LogP contribution is -2.31. The quantitative estimate of drug-likeness (QED) is 0.737. The molecule has 1 aromatic carbocycles. The third-order valence-electron chi connectivity index (χ3n) is 4.95. The normalized spacial score (nSPS) is 18.8. The largest absolute Gasteiger partial charge is 0.455 e. The minimum Gasteiger partial charge on any atom is -0.455 e. The minimum absolute atomic E-state index is 0.0273. The predicted octanol–water partition coefficient (Wildman–Crippen LogP) is 3.43. The average Bonchev–Trinajstić information content (AvgIpc) is 3.17. The van der Waals surface area contributed by atoms with Crippen molar-refractivity contribution in [1.82, 2.24) is 14.5 Å². The molecule has 3 heterocycles. The van der Waals surface area contributed by atoms with E-state index in [9.17, 15) is 9.59 Å². The zero-order valence-corrected chi connectivity index (χ0v) is 15.6. The maximum absolute atomic E-state index is 13.2. The number of fused-ring (bicyclic) bond motifs is 5. The molecule has 1 saturated heterocycles. The summed E-state index contributed by atoms with van der Waals surface area (Å²) in [6, 6.07) is 5.62. The summed E-state index contributed by atoms with van der Waals surface area (Å²) < 4.78 is 7.46. The van der Waals surface area contributed by atoms with E-state index in [0.29, 0.717) is 17.8 Å². The summed E-state index contributed by atoms with van der Waals surface area (Å²) in [5.74, 6) is -0.416. The van der Waals surface area contributed by atoms with Crippen LogP contribution in [0.1, 0.15) is 71.8 Å². The third kappa shape index (κ3) is 2.52. The maximum atomic E-state index is 13.2. The number of hydrogen-bond acceptors (Lipinski definition) is 4. The van der Waals surface area contributed by atoms with Crippen LogP contribution in [0.25, 0.3) is 5.69 Å². The second-order valence-corrected chi connectivity index (χ2v) is 7.98. The fourth-order valence-electron chi connectivity index (χ4n) is 3.92. The number of imidazole rings is 1. The Hall–Kier alpha value is -2.63. The Labute approximate surface area is 152 Å². The number of amides is 1. The summed E-state index contributed by atoms with van der Waals surface area (Å²) in [4.78, 5) is 32.2. The molecule has 1 aromatic heterocycles. The molecule has 1 amide bonds. The van der Waals surface area contributed by atoms with E-state index in [2.05, 4.69) is 4.98 Å². The number of rotatable bonds is 1. The van der Waals surface area contributed by atoms with Crippen LogP contribution < -0.4 is 0 Å². The summed E-state index contributed by atoms with van der Waals surface area (Å²) in [7, 11) is 0. The van der Waals surface area contributed by atoms with Gasteiger partial charge in [-0.15, -0.1) is 0 Å². The fraction of sp³-hybridized carbons (Fsp3) is 0.450. The molecule has 2 aliphatic heterocycles. The highest BCUT2D eigenvalue weighted by Crippen LogP contribution is 2.40. The number of hydrogen-bond donors (Lipinski definition) is 0. The smallest absolute Gasteiger partial charge is 0.359 e. The van der Waals surface area contributed by atoms with E-state index in [0.717, 1.165) is 29.8 Å². The van der Waals surface area contributed by atoms with Crippen molar-refractivity contribution in [3.63, 3.8) is 0 Å². The van der Waals surface area contributed by atoms with Crippen molar-refractivity contribution < 1.29 is 14.3 Å². The number of carbonyl (C=O) groups is 2. The fourth-order valence-corrected chi connectivity index (χ4v) is 3.92. The summed E-state index contributed by atoms with van der Waals surface area (Å²) in [5, 5.41) is 0. The van der Waals surface area contributed by atoms with Crippen molar-refractivity contribution in [3.8, 4) is 5.69 Å². The van der Waals surface area contributed by atoms with E-state index in [1.165, 1.54) is 0 Å². The summed E-state index contributed by atoms with van der Waals surface area (Å²) >= 11 is 0. The second kappa shape index (κ2) is 5.69. The zero-order chi connectivity index (χ0) is 18.6. The number of aryl methyl sites for hydroxylation is 1. The van der Waals surface area contributed by atoms with Gasteiger partial charge in [0, 0.05) is 6.54 Å². The van der Waals surface area contributed by atoms with Crippen molar-refractivity contribution in [2.24, 2.45) is 0 Å². The molecule has 0 unspecified atom stereocenters. The molecule has 0 saturated carbocycles. The maximum Gasteiger partial charge on any atom is 0.359 e. The van der Waals surface area contributed by atoms with Crippen LogP contribution in [0.15, 0.2) is 24.5 Å². The molecule has 2 aromatic rings. The lowest BCUT2D eigenvalue weighted by molar-refractivity contribution is 0.00595. The average molecular weight is 353 g/mol. The Morgan fingerprint density at radius 3 is 2.81 bits per heavy atom. The van der Waals surface area contributed by atoms with E-state index in [4.69, 9.17) is 4.74 Å². The van der Waals surface area contributed by atoms with Gasteiger partial charge in [-0.25, -0.2) is 9.78 Å². The molecule has 1 atom stereocenters. The van der Waals surface area contributed by atoms with Crippen molar-refractivity contribution in [2.45, 2.75) is 52.2 Å². The van der Waals surface area contributed by atoms with Gasteiger partial charge in [-0.3, -0.25) is 9.36 Å². The Morgan fingerprint density at radius 2 is 2.08 bits per heavy atom. The van der Waals surface area contributed by atoms with E-state index in [1.807, 2.05) is 55.4 Å². The van der Waals surface area contributed by atoms with Crippen LogP contribution >= 0.6 is 0 Å². The molecule has 6 heteroatoms. The van der Waals surface area contributed by atoms with Crippen LogP contribution in [-0.2, 0) is 4.74 Å². The molecule has 2 aliphatic rings. The van der Waals surface area contributed by atoms with Gasteiger partial charge in [-0.05, 0) is 52.2 Å². The van der Waals surface area contributed by atoms with E-state index < -0.39 is 11.6 Å². The topological polar surface area (TPSA) is 64.4 Å². The van der Waals surface area contributed by atoms with Gasteiger partial charge in [-0.1, -0.05) is 12.1 Å². The molecule has 6 nitrogen and oxygen atoms in total. The molecule has 0 aliphatic carbocycles. The number of ether oxygens (including phenoxy) is 1. The van der Waals surface area contributed by atoms with Crippen LogP contribution in [0.4, 0.5) is 0 Å². The lowest BCUT2D eigenvalue weighted by atomic mass is 10.1. The monoisotopic (exact) mass is 353 g/mol. The molecule has 0 spiro atoms. The Morgan fingerprint density at radius 1 is 1.31 bits per heavy atom. The Kier molecular flexibility index (Phi) is 3.68. The van der Waals surface area contributed by atoms with Crippen molar-refractivity contribution in [2.75, 3.05) is 6.54 Å². The number of nitrogens with zero attached hydrogens (tertiary/aromatic N) is 3. The summed E-state index contributed by atoms with van der Waals surface area (Å²) in [6.45, 7) is 8.14. The Balaban J connectivity index is 1.93. The standard InChI is InChI=1S/C20H23N3O3/c1-12-7-5-8-13-15(12)18(24)22-10-6-9-14(22)17-16(21-11-23(13)17)19(25)26-20(2,3)4/h5,7-8,11,14H,6,9-10H2,1-4H3/t14-/m0/s1. The minimum atomic E-state index is -0.599. The van der Waals surface area contributed by atoms with E-state index in [-0.39, 0.29) is 11.9 Å². The highest BCUT2D eigenvalue weighted by Gasteiger charge is 2.41. The first-order chi connectivity index (χ1) is 12.3. The van der Waals surface area contributed by atoms with Crippen LogP contribution in [0.2, 0.25) is 0 Å². The molecule has 0 N–H and O–H groups in total. The van der Waals surface area contributed by atoms with Gasteiger partial charge in [0.15, 0.2) is 5.69 Å². The number of carbonyl (C=O) groups excluding carboxylic acids is 2. The first-order valence-corrected chi connectivity index (χ1v) is 8.99. The van der Waals surface area contributed by atoms with Crippen LogP contribution in [-0.4, -0.2) is 38.5 Å². The molecule has 136 valence electrons. The summed E-state index contributed by atoms with van der Waals surface area (Å²) in [6.07, 6.45) is 3.37. The molecule has 4 rings (SSSR count). The highest BCUT2D eigenvalue weighted by molar-refractivity contribution is 6.01. The van der Waals surface area contributed by atoms with Crippen LogP contribution in [0.3, 0.4) is 0 Å². The first-order valence-electron chi connectivity index (χ1n) is 8.99. The SMILES string of the molecule is Cc1cccc2c1C(=O)N1CCC[C@H]1c1c(C(=O)OC(C)(C)C)ncn1-2. The van der Waals surface area contributed by atoms with Gasteiger partial charge >= 0.3 is 5.97 Å². The molecule has 0 radical (unpaired) electrons. The zero-order valence-electron chi connectivity index (χ0n) is 15.6. The highest BCUT2D eigenvalue weighted by atomic mass is 16.6. The van der Waals surface area contributed by atoms with Crippen molar-refractivity contribution in [1.29, 1.82) is 0 Å². The number of aromatic nitrogens is 2. The van der Waals surface area contributed by atoms with Gasteiger partial charge in [0.1, 0.15) is 11.9 Å². The molecule has 0 bridgehead atoms. The van der Waals surface area contributed by atoms with E-state index in [1.54, 1.807) is 6.33 Å². The van der Waals surface area contributed by atoms with Crippen molar-refractivity contribution >= 4 is 11.9 Å². The van der Waals surface area contributed by atoms with Crippen LogP contribution in [0.5, 0.6) is 0 Å². The Bertz CT molecular complexity index is 908. The van der Waals surface area contributed by atoms with Gasteiger partial charge < -0.3 is 9.64 Å².